The van der Waals surface area contributed by atoms with Gasteiger partial charge in [-0.2, -0.15) is 0 Å². The van der Waals surface area contributed by atoms with Crippen molar-refractivity contribution in [1.29, 1.82) is 0 Å². The molecule has 0 unspecified atom stereocenters. The van der Waals surface area contributed by atoms with E-state index < -0.39 is 0 Å². The standard InChI is InChI=1S/C14H18BrN3O2S/c1-16-13(21)18-17-12(20)8-14(6-11(19)7-14)9-3-2-4-10(15)5-9/h2-5,11,19H,6-8H2,1H3,(H,17,20)(H2,16,18,21)/t11-,14-. The topological polar surface area (TPSA) is 73.4 Å². The van der Waals surface area contributed by atoms with Crippen LogP contribution in [-0.2, 0) is 10.2 Å². The van der Waals surface area contributed by atoms with Crippen molar-refractivity contribution in [1.82, 2.24) is 16.2 Å². The first kappa shape index (κ1) is 16.2. The van der Waals surface area contributed by atoms with Crippen molar-refractivity contribution in [2.24, 2.45) is 0 Å². The summed E-state index contributed by atoms with van der Waals surface area (Å²) in [4.78, 5) is 12.1. The molecule has 0 spiro atoms. The molecule has 7 heteroatoms. The first-order valence-corrected chi connectivity index (χ1v) is 7.86. The number of hydrazine groups is 1. The number of aliphatic hydroxyl groups is 1. The zero-order valence-corrected chi connectivity index (χ0v) is 14.1. The largest absolute Gasteiger partial charge is 0.393 e. The molecule has 0 atom stereocenters. The normalized spacial score (nSPS) is 23.9. The van der Waals surface area contributed by atoms with E-state index in [0.717, 1.165) is 10.0 Å². The first-order chi connectivity index (χ1) is 9.95. The van der Waals surface area contributed by atoms with Crippen LogP contribution < -0.4 is 16.2 Å². The van der Waals surface area contributed by atoms with Gasteiger partial charge in [0, 0.05) is 23.4 Å². The van der Waals surface area contributed by atoms with Crippen molar-refractivity contribution in [3.05, 3.63) is 34.3 Å². The Bertz CT molecular complexity index is 547. The Labute approximate surface area is 137 Å². The highest BCUT2D eigenvalue weighted by Crippen LogP contribution is 2.47. The minimum absolute atomic E-state index is 0.153. The molecule has 2 rings (SSSR count). The van der Waals surface area contributed by atoms with E-state index in [9.17, 15) is 9.90 Å². The molecular weight excluding hydrogens is 354 g/mol. The molecule has 21 heavy (non-hydrogen) atoms. The molecule has 0 aliphatic heterocycles. The number of carbonyl (C=O) groups is 1. The lowest BCUT2D eigenvalue weighted by molar-refractivity contribution is -0.125. The van der Waals surface area contributed by atoms with E-state index in [1.165, 1.54) is 0 Å². The molecule has 0 saturated heterocycles. The number of halogens is 1. The van der Waals surface area contributed by atoms with Crippen LogP contribution in [0.15, 0.2) is 28.7 Å². The number of thiocarbonyl (C=S) groups is 1. The summed E-state index contributed by atoms with van der Waals surface area (Å²) in [6.07, 6.45) is 1.14. The van der Waals surface area contributed by atoms with E-state index in [1.807, 2.05) is 24.3 Å². The fourth-order valence-corrected chi connectivity index (χ4v) is 3.13. The summed E-state index contributed by atoms with van der Waals surface area (Å²) < 4.78 is 0.968. The third-order valence-electron chi connectivity index (χ3n) is 3.73. The second-order valence-electron chi connectivity index (χ2n) is 5.28. The van der Waals surface area contributed by atoms with Gasteiger partial charge in [-0.05, 0) is 42.8 Å². The van der Waals surface area contributed by atoms with Crippen LogP contribution in [0.4, 0.5) is 0 Å². The molecule has 5 nitrogen and oxygen atoms in total. The van der Waals surface area contributed by atoms with Gasteiger partial charge in [-0.3, -0.25) is 15.6 Å². The molecule has 1 aliphatic rings. The zero-order chi connectivity index (χ0) is 15.5. The van der Waals surface area contributed by atoms with Crippen molar-refractivity contribution >= 4 is 39.2 Å². The van der Waals surface area contributed by atoms with E-state index in [-0.39, 0.29) is 17.4 Å². The fraction of sp³-hybridized carbons (Fsp3) is 0.429. The Morgan fingerprint density at radius 2 is 2.19 bits per heavy atom. The fourth-order valence-electron chi connectivity index (χ4n) is 2.68. The second-order valence-corrected chi connectivity index (χ2v) is 6.61. The van der Waals surface area contributed by atoms with Crippen LogP contribution >= 0.6 is 28.1 Å². The van der Waals surface area contributed by atoms with Crippen molar-refractivity contribution in [3.8, 4) is 0 Å². The van der Waals surface area contributed by atoms with E-state index in [2.05, 4.69) is 32.1 Å². The molecule has 0 heterocycles. The molecule has 1 fully saturated rings. The summed E-state index contributed by atoms with van der Waals surface area (Å²) in [7, 11) is 1.67. The van der Waals surface area contributed by atoms with Gasteiger partial charge in [0.25, 0.3) is 0 Å². The van der Waals surface area contributed by atoms with Gasteiger partial charge >= 0.3 is 0 Å². The number of nitrogens with one attached hydrogen (secondary N) is 3. The first-order valence-electron chi connectivity index (χ1n) is 6.66. The number of amides is 1. The lowest BCUT2D eigenvalue weighted by Gasteiger charge is -2.45. The summed E-state index contributed by atoms with van der Waals surface area (Å²) in [6, 6.07) is 7.89. The highest BCUT2D eigenvalue weighted by Gasteiger charge is 2.46. The predicted octanol–water partition coefficient (Wildman–Crippen LogP) is 1.36. The minimum Gasteiger partial charge on any atom is -0.393 e. The van der Waals surface area contributed by atoms with Crippen LogP contribution in [0.2, 0.25) is 0 Å². The van der Waals surface area contributed by atoms with Gasteiger partial charge in [0.2, 0.25) is 5.91 Å². The molecular formula is C14H18BrN3O2S. The van der Waals surface area contributed by atoms with Crippen LogP contribution in [0.5, 0.6) is 0 Å². The maximum Gasteiger partial charge on any atom is 0.239 e. The van der Waals surface area contributed by atoms with Crippen molar-refractivity contribution in [3.63, 3.8) is 0 Å². The molecule has 0 aromatic heterocycles. The van der Waals surface area contributed by atoms with Crippen molar-refractivity contribution < 1.29 is 9.90 Å². The minimum atomic E-state index is -0.344. The van der Waals surface area contributed by atoms with Gasteiger partial charge in [0.15, 0.2) is 5.11 Å². The quantitative estimate of drug-likeness (QED) is 0.476. The summed E-state index contributed by atoms with van der Waals surface area (Å²) in [5.74, 6) is -0.153. The van der Waals surface area contributed by atoms with Gasteiger partial charge in [-0.25, -0.2) is 0 Å². The lowest BCUT2D eigenvalue weighted by Crippen LogP contribution is -2.51. The average molecular weight is 372 g/mol. The molecule has 4 N–H and O–H groups in total. The Hall–Kier alpha value is -1.18. The summed E-state index contributed by atoms with van der Waals surface area (Å²) >= 11 is 8.35. The van der Waals surface area contributed by atoms with Crippen LogP contribution in [0.1, 0.15) is 24.8 Å². The van der Waals surface area contributed by atoms with E-state index in [1.54, 1.807) is 7.05 Å². The molecule has 114 valence electrons. The van der Waals surface area contributed by atoms with Crippen LogP contribution in [0.25, 0.3) is 0 Å². The molecule has 1 saturated carbocycles. The maximum absolute atomic E-state index is 12.1. The Morgan fingerprint density at radius 3 is 2.76 bits per heavy atom. The molecule has 1 aromatic carbocycles. The van der Waals surface area contributed by atoms with Crippen molar-refractivity contribution in [2.45, 2.75) is 30.8 Å². The third kappa shape index (κ3) is 3.93. The van der Waals surface area contributed by atoms with E-state index in [4.69, 9.17) is 12.2 Å². The number of hydrogen-bond acceptors (Lipinski definition) is 3. The SMILES string of the molecule is CNC(=S)NNC(=O)C[C@]1(c2cccc(Br)c2)C[C@H](O)C1. The highest BCUT2D eigenvalue weighted by atomic mass is 79.9. The van der Waals surface area contributed by atoms with Crippen LogP contribution in [0.3, 0.4) is 0 Å². The summed E-state index contributed by atoms with van der Waals surface area (Å²) in [5, 5.41) is 12.8. The maximum atomic E-state index is 12.1. The van der Waals surface area contributed by atoms with Gasteiger partial charge in [0.1, 0.15) is 0 Å². The highest BCUT2D eigenvalue weighted by molar-refractivity contribution is 9.10. The number of benzene rings is 1. The second kappa shape index (κ2) is 6.72. The van der Waals surface area contributed by atoms with Gasteiger partial charge in [-0.1, -0.05) is 28.1 Å². The smallest absolute Gasteiger partial charge is 0.239 e. The number of carbonyl (C=O) groups excluding carboxylic acids is 1. The van der Waals surface area contributed by atoms with Crippen LogP contribution in [0, 0.1) is 0 Å². The number of rotatable bonds is 3. The number of hydrogen-bond donors (Lipinski definition) is 4. The Balaban J connectivity index is 2.06. The van der Waals surface area contributed by atoms with Gasteiger partial charge in [0.05, 0.1) is 6.10 Å². The zero-order valence-electron chi connectivity index (χ0n) is 11.6. The predicted molar refractivity (Wildman–Crippen MR) is 88.6 cm³/mol. The van der Waals surface area contributed by atoms with Gasteiger partial charge < -0.3 is 10.4 Å². The van der Waals surface area contributed by atoms with E-state index >= 15 is 0 Å². The average Bonchev–Trinajstić information content (AvgIpc) is 2.42. The van der Waals surface area contributed by atoms with Crippen molar-refractivity contribution in [2.75, 3.05) is 7.05 Å². The molecule has 0 bridgehead atoms. The Morgan fingerprint density at radius 1 is 1.48 bits per heavy atom. The Kier molecular flexibility index (Phi) is 5.18. The monoisotopic (exact) mass is 371 g/mol. The number of aliphatic hydroxyl groups excluding tert-OH is 1. The summed E-state index contributed by atoms with van der Waals surface area (Å²) in [5.41, 5.74) is 5.95. The molecule has 1 amide bonds. The molecule has 0 radical (unpaired) electrons. The van der Waals surface area contributed by atoms with E-state index in [0.29, 0.717) is 24.4 Å². The molecule has 1 aromatic rings. The van der Waals surface area contributed by atoms with Crippen LogP contribution in [-0.4, -0.2) is 29.3 Å². The third-order valence-corrected chi connectivity index (χ3v) is 4.53. The summed E-state index contributed by atoms with van der Waals surface area (Å²) in [6.45, 7) is 0. The lowest BCUT2D eigenvalue weighted by atomic mass is 9.61. The van der Waals surface area contributed by atoms with Gasteiger partial charge in [-0.15, -0.1) is 0 Å². The molecule has 1 aliphatic carbocycles.